The van der Waals surface area contributed by atoms with Gasteiger partial charge in [-0.2, -0.15) is 0 Å². The second-order valence-corrected chi connectivity index (χ2v) is 14.2. The van der Waals surface area contributed by atoms with Gasteiger partial charge in [-0.25, -0.2) is 9.98 Å². The smallest absolute Gasteiger partial charge is 0.178 e. The van der Waals surface area contributed by atoms with E-state index in [4.69, 9.17) is 14.9 Å². The molecule has 1 aliphatic carbocycles. The van der Waals surface area contributed by atoms with Gasteiger partial charge in [0.2, 0.25) is 0 Å². The SMILES string of the molecule is C=NC(=NC(=N)c1ccccc1)c1ccc(-c2ccccc2)cc1.Cc1ccc2c(c1)Oc1ccc3c(c1O2)-c1ccccc1C3(c1ccccc1)c1ccccc1. The van der Waals surface area contributed by atoms with Crippen molar-refractivity contribution in [3.05, 3.63) is 239 Å². The number of rotatable bonds is 5. The molecule has 0 saturated carbocycles. The number of aryl methyl sites for hydroxylation is 1. The summed E-state index contributed by atoms with van der Waals surface area (Å²) in [5, 5.41) is 8.11. The number of fused-ring (bicyclic) bond motifs is 6. The lowest BCUT2D eigenvalue weighted by Crippen LogP contribution is -2.28. The molecule has 0 atom stereocenters. The fourth-order valence-electron chi connectivity index (χ4n) is 8.07. The summed E-state index contributed by atoms with van der Waals surface area (Å²) in [4.78, 5) is 8.29. The molecule has 8 aromatic carbocycles. The molecule has 0 fully saturated rings. The van der Waals surface area contributed by atoms with E-state index in [-0.39, 0.29) is 5.84 Å². The van der Waals surface area contributed by atoms with Crippen LogP contribution in [0, 0.1) is 12.3 Å². The molecule has 10 rings (SSSR count). The highest BCUT2D eigenvalue weighted by molar-refractivity contribution is 6.11. The number of benzene rings is 8. The van der Waals surface area contributed by atoms with Gasteiger partial charge in [0.1, 0.15) is 0 Å². The van der Waals surface area contributed by atoms with E-state index in [2.05, 4.69) is 139 Å². The highest BCUT2D eigenvalue weighted by atomic mass is 16.6. The monoisotopic (exact) mass is 749 g/mol. The molecular formula is C53H39N3O2. The van der Waals surface area contributed by atoms with Crippen molar-refractivity contribution in [1.82, 2.24) is 0 Å². The van der Waals surface area contributed by atoms with E-state index >= 15 is 0 Å². The maximum Gasteiger partial charge on any atom is 0.178 e. The second kappa shape index (κ2) is 15.5. The molecule has 1 heterocycles. The molecule has 8 aromatic rings. The lowest BCUT2D eigenvalue weighted by atomic mass is 9.68. The first-order valence-electron chi connectivity index (χ1n) is 19.2. The number of nitrogens with one attached hydrogen (secondary N) is 1. The van der Waals surface area contributed by atoms with Gasteiger partial charge in [-0.05, 0) is 76.3 Å². The van der Waals surface area contributed by atoms with Crippen molar-refractivity contribution in [2.75, 3.05) is 0 Å². The Kier molecular flexibility index (Phi) is 9.62. The van der Waals surface area contributed by atoms with Crippen molar-refractivity contribution in [2.24, 2.45) is 9.98 Å². The van der Waals surface area contributed by atoms with Crippen LogP contribution in [-0.2, 0) is 5.41 Å². The zero-order chi connectivity index (χ0) is 39.5. The number of ether oxygens (including phenoxy) is 2. The van der Waals surface area contributed by atoms with Crippen molar-refractivity contribution >= 4 is 18.4 Å². The summed E-state index contributed by atoms with van der Waals surface area (Å²) in [6, 6.07) is 68.1. The van der Waals surface area contributed by atoms with Crippen LogP contribution in [0.15, 0.2) is 210 Å². The van der Waals surface area contributed by atoms with Crippen LogP contribution < -0.4 is 9.47 Å². The molecule has 0 radical (unpaired) electrons. The zero-order valence-corrected chi connectivity index (χ0v) is 32.0. The Bertz CT molecular complexity index is 2760. The molecule has 0 saturated heterocycles. The van der Waals surface area contributed by atoms with E-state index in [0.717, 1.165) is 56.4 Å². The molecule has 278 valence electrons. The molecule has 5 heteroatoms. The van der Waals surface area contributed by atoms with Gasteiger partial charge in [0.15, 0.2) is 34.7 Å². The first kappa shape index (κ1) is 36.0. The van der Waals surface area contributed by atoms with Gasteiger partial charge in [-0.3, -0.25) is 5.41 Å². The number of hydrogen-bond acceptors (Lipinski definition) is 3. The largest absolute Gasteiger partial charge is 0.449 e. The first-order valence-corrected chi connectivity index (χ1v) is 19.2. The minimum Gasteiger partial charge on any atom is -0.449 e. The lowest BCUT2D eigenvalue weighted by molar-refractivity contribution is 0.360. The predicted octanol–water partition coefficient (Wildman–Crippen LogP) is 13.1. The van der Waals surface area contributed by atoms with Gasteiger partial charge in [0.25, 0.3) is 0 Å². The van der Waals surface area contributed by atoms with Gasteiger partial charge in [0.05, 0.1) is 5.41 Å². The Labute approximate surface area is 338 Å². The summed E-state index contributed by atoms with van der Waals surface area (Å²) in [6.45, 7) is 5.65. The molecule has 1 aliphatic heterocycles. The Morgan fingerprint density at radius 3 is 1.74 bits per heavy atom. The van der Waals surface area contributed by atoms with Gasteiger partial charge >= 0.3 is 0 Å². The Morgan fingerprint density at radius 1 is 0.517 bits per heavy atom. The van der Waals surface area contributed by atoms with Gasteiger partial charge in [0, 0.05) is 16.7 Å². The average Bonchev–Trinajstić information content (AvgIpc) is 3.60. The normalized spacial score (nSPS) is 12.9. The summed E-state index contributed by atoms with van der Waals surface area (Å²) in [5.41, 5.74) is 11.8. The van der Waals surface area contributed by atoms with E-state index in [1.807, 2.05) is 84.9 Å². The molecule has 0 bridgehead atoms. The molecule has 0 spiro atoms. The summed E-state index contributed by atoms with van der Waals surface area (Å²) in [5.74, 6) is 3.67. The minimum atomic E-state index is -0.444. The van der Waals surface area contributed by atoms with Crippen LogP contribution in [0.2, 0.25) is 0 Å². The third-order valence-corrected chi connectivity index (χ3v) is 10.7. The molecule has 0 amide bonds. The van der Waals surface area contributed by atoms with Crippen LogP contribution in [0.3, 0.4) is 0 Å². The third-order valence-electron chi connectivity index (χ3n) is 10.7. The molecule has 0 unspecified atom stereocenters. The highest BCUT2D eigenvalue weighted by Gasteiger charge is 2.48. The lowest BCUT2D eigenvalue weighted by Gasteiger charge is -2.34. The van der Waals surface area contributed by atoms with Crippen LogP contribution in [0.5, 0.6) is 23.0 Å². The second-order valence-electron chi connectivity index (χ2n) is 14.2. The number of aliphatic imine (C=N–C) groups is 2. The maximum absolute atomic E-state index is 8.11. The third kappa shape index (κ3) is 6.49. The predicted molar refractivity (Wildman–Crippen MR) is 236 cm³/mol. The molecule has 58 heavy (non-hydrogen) atoms. The fraction of sp³-hybridized carbons (Fsp3) is 0.0377. The van der Waals surface area contributed by atoms with Crippen LogP contribution >= 0.6 is 0 Å². The van der Waals surface area contributed by atoms with Gasteiger partial charge < -0.3 is 9.47 Å². The zero-order valence-electron chi connectivity index (χ0n) is 32.0. The van der Waals surface area contributed by atoms with Crippen molar-refractivity contribution < 1.29 is 9.47 Å². The molecular weight excluding hydrogens is 711 g/mol. The van der Waals surface area contributed by atoms with Crippen molar-refractivity contribution in [1.29, 1.82) is 5.41 Å². The van der Waals surface area contributed by atoms with E-state index < -0.39 is 5.41 Å². The Morgan fingerprint density at radius 2 is 1.09 bits per heavy atom. The van der Waals surface area contributed by atoms with E-state index in [1.54, 1.807) is 0 Å². The highest BCUT2D eigenvalue weighted by Crippen LogP contribution is 2.62. The molecule has 0 aromatic heterocycles. The van der Waals surface area contributed by atoms with E-state index in [1.165, 1.54) is 27.8 Å². The van der Waals surface area contributed by atoms with Gasteiger partial charge in [-0.1, -0.05) is 182 Å². The maximum atomic E-state index is 8.11. The topological polar surface area (TPSA) is 67.0 Å². The fourth-order valence-corrected chi connectivity index (χ4v) is 8.07. The summed E-state index contributed by atoms with van der Waals surface area (Å²) in [7, 11) is 0. The summed E-state index contributed by atoms with van der Waals surface area (Å²) < 4.78 is 12.9. The van der Waals surface area contributed by atoms with Crippen molar-refractivity contribution in [3.8, 4) is 45.3 Å². The van der Waals surface area contributed by atoms with Crippen LogP contribution in [-0.4, -0.2) is 18.4 Å². The van der Waals surface area contributed by atoms with Gasteiger partial charge in [-0.15, -0.1) is 0 Å². The van der Waals surface area contributed by atoms with Crippen LogP contribution in [0.25, 0.3) is 22.3 Å². The standard InChI is InChI=1S/C32H22O2.C21H17N3/c1-21-16-18-27-29(20-21)33-28-19-17-26-30(31(28)34-27)24-14-8-9-15-25(24)32(26,22-10-4-2-5-11-22)23-12-6-3-7-13-23;1-23-21(24-20(22)18-10-6-3-7-11-18)19-14-12-17(13-15-19)16-8-4-2-5-9-16/h2-20H,1H3;2-15,22H,1H2. The number of nitrogens with zero attached hydrogens (tertiary/aromatic N) is 2. The average molecular weight is 750 g/mol. The minimum absolute atomic E-state index is 0.171. The Balaban J connectivity index is 0.000000160. The molecule has 2 aliphatic rings. The molecule has 5 nitrogen and oxygen atoms in total. The molecule has 1 N–H and O–H groups in total. The summed E-state index contributed by atoms with van der Waals surface area (Å²) in [6.07, 6.45) is 0. The van der Waals surface area contributed by atoms with Crippen molar-refractivity contribution in [3.63, 3.8) is 0 Å². The van der Waals surface area contributed by atoms with Crippen LogP contribution in [0.1, 0.15) is 38.9 Å². The van der Waals surface area contributed by atoms with Crippen molar-refractivity contribution in [2.45, 2.75) is 12.3 Å². The van der Waals surface area contributed by atoms with Crippen LogP contribution in [0.4, 0.5) is 0 Å². The number of hydrogen-bond donors (Lipinski definition) is 1. The summed E-state index contributed by atoms with van der Waals surface area (Å²) >= 11 is 0. The van der Waals surface area contributed by atoms with E-state index in [0.29, 0.717) is 5.84 Å². The quantitative estimate of drug-likeness (QED) is 0.141. The van der Waals surface area contributed by atoms with E-state index in [9.17, 15) is 0 Å². The number of amidine groups is 2. The first-order chi connectivity index (χ1) is 28.5. The Hall–Kier alpha value is -7.63.